The Morgan fingerprint density at radius 3 is 1.71 bits per heavy atom. The highest BCUT2D eigenvalue weighted by atomic mass is 28.4. The van der Waals surface area contributed by atoms with Gasteiger partial charge in [0.1, 0.15) is 12.0 Å². The maximum atomic E-state index is 12.4. The summed E-state index contributed by atoms with van der Waals surface area (Å²) in [5, 5.41) is 2.55. The van der Waals surface area contributed by atoms with Crippen LogP contribution in [0.25, 0.3) is 0 Å². The topological polar surface area (TPSA) is 54.0 Å². The third-order valence-corrected chi connectivity index (χ3v) is 21.1. The highest BCUT2D eigenvalue weighted by Gasteiger charge is 2.50. The molecule has 0 bridgehead atoms. The minimum absolute atomic E-state index is 0.0186. The van der Waals surface area contributed by atoms with Crippen molar-refractivity contribution in [1.29, 1.82) is 0 Å². The summed E-state index contributed by atoms with van der Waals surface area (Å²) in [6.45, 7) is 23.9. The number of aldehydes is 1. The van der Waals surface area contributed by atoms with Gasteiger partial charge < -0.3 is 23.1 Å². The van der Waals surface area contributed by atoms with Gasteiger partial charge in [0.15, 0.2) is 8.32 Å². The van der Waals surface area contributed by atoms with Gasteiger partial charge in [-0.1, -0.05) is 148 Å². The summed E-state index contributed by atoms with van der Waals surface area (Å²) >= 11 is 0. The minimum atomic E-state index is -2.66. The fraction of sp³-hybridized carbons (Fsp3) is 0.568. The molecular formula is C44H68O5Si2. The quantitative estimate of drug-likeness (QED) is 0.0761. The lowest BCUT2D eigenvalue weighted by Crippen LogP contribution is -2.66. The van der Waals surface area contributed by atoms with Gasteiger partial charge in [0.25, 0.3) is 8.32 Å². The van der Waals surface area contributed by atoms with E-state index < -0.39 is 16.6 Å². The van der Waals surface area contributed by atoms with Gasteiger partial charge in [0.2, 0.25) is 0 Å². The number of benzene rings is 3. The molecule has 7 heteroatoms. The molecule has 3 rings (SSSR count). The van der Waals surface area contributed by atoms with Gasteiger partial charge in [-0.15, -0.1) is 0 Å². The molecule has 6 atom stereocenters. The molecule has 0 amide bonds. The van der Waals surface area contributed by atoms with Crippen LogP contribution in [0.4, 0.5) is 0 Å². The lowest BCUT2D eigenvalue weighted by Gasteiger charge is -2.44. The summed E-state index contributed by atoms with van der Waals surface area (Å²) < 4.78 is 26.9. The van der Waals surface area contributed by atoms with Crippen molar-refractivity contribution < 1.29 is 23.1 Å². The van der Waals surface area contributed by atoms with Crippen molar-refractivity contribution in [3.05, 3.63) is 90.5 Å². The smallest absolute Gasteiger partial charge is 0.261 e. The largest absolute Gasteiger partial charge is 0.497 e. The Morgan fingerprint density at radius 2 is 1.27 bits per heavy atom. The van der Waals surface area contributed by atoms with Crippen molar-refractivity contribution in [3.63, 3.8) is 0 Å². The second-order valence-corrected chi connectivity index (χ2v) is 24.8. The molecule has 0 unspecified atom stereocenters. The standard InChI is InChI=1S/C44H68O5Si2/c1-12-37(33-48-51(44(8,9)10,40-22-18-16-19-23-40)41-24-20-17-21-25-41)30-34(5)43(49-50(13-2,14-3)15-4)36(7)42(35(6)31-45)47-32-38-26-28-39(46-11)29-27-38/h16-29,31,34-37,42-43H,12-15,30,32-33H2,1-11H3/t34-,35-,36-,37+,42-,43-/m0/s1. The number of hydrogen-bond acceptors (Lipinski definition) is 5. The molecule has 0 aromatic heterocycles. The molecular weight excluding hydrogens is 665 g/mol. The highest BCUT2D eigenvalue weighted by molar-refractivity contribution is 6.99. The van der Waals surface area contributed by atoms with E-state index in [1.807, 2.05) is 31.2 Å². The van der Waals surface area contributed by atoms with E-state index in [-0.39, 0.29) is 35.0 Å². The van der Waals surface area contributed by atoms with Gasteiger partial charge in [-0.3, -0.25) is 0 Å². The van der Waals surface area contributed by atoms with E-state index >= 15 is 0 Å². The van der Waals surface area contributed by atoms with Crippen LogP contribution in [0.1, 0.15) is 87.6 Å². The zero-order chi connectivity index (χ0) is 37.7. The van der Waals surface area contributed by atoms with Gasteiger partial charge in [-0.25, -0.2) is 0 Å². The Bertz CT molecular complexity index is 1360. The summed E-state index contributed by atoms with van der Waals surface area (Å²) in [6.07, 6.45) is 2.73. The SMILES string of the molecule is CC[C@@H](CO[Si](c1ccccc1)(c1ccccc1)C(C)(C)C)C[C@H](C)[C@H](O[Si](CC)(CC)CC)[C@@H](C)[C@@H](OCc1ccc(OC)cc1)[C@@H](C)C=O. The predicted octanol–water partition coefficient (Wildman–Crippen LogP) is 10.1. The maximum Gasteiger partial charge on any atom is 0.261 e. The zero-order valence-electron chi connectivity index (χ0n) is 33.6. The highest BCUT2D eigenvalue weighted by Crippen LogP contribution is 2.39. The van der Waals surface area contributed by atoms with E-state index in [0.29, 0.717) is 19.1 Å². The molecule has 0 saturated heterocycles. The van der Waals surface area contributed by atoms with Gasteiger partial charge in [0.05, 0.1) is 25.9 Å². The Hall–Kier alpha value is -2.56. The Balaban J connectivity index is 1.95. The summed E-state index contributed by atoms with van der Waals surface area (Å²) in [5.74, 6) is 1.16. The second-order valence-electron chi connectivity index (χ2n) is 15.8. The van der Waals surface area contributed by atoms with Crippen molar-refractivity contribution in [2.24, 2.45) is 23.7 Å². The number of ether oxygens (including phenoxy) is 2. The average molecular weight is 733 g/mol. The molecule has 0 aliphatic rings. The first-order valence-electron chi connectivity index (χ1n) is 19.5. The third-order valence-electron chi connectivity index (χ3n) is 11.5. The van der Waals surface area contributed by atoms with Crippen molar-refractivity contribution in [3.8, 4) is 5.75 Å². The van der Waals surface area contributed by atoms with E-state index in [1.165, 1.54) is 10.4 Å². The molecule has 3 aromatic rings. The van der Waals surface area contributed by atoms with Crippen molar-refractivity contribution in [2.75, 3.05) is 13.7 Å². The molecule has 0 spiro atoms. The fourth-order valence-corrected chi connectivity index (χ4v) is 15.7. The van der Waals surface area contributed by atoms with E-state index in [1.54, 1.807) is 7.11 Å². The summed E-state index contributed by atoms with van der Waals surface area (Å²) in [5.41, 5.74) is 1.06. The number of hydrogen-bond donors (Lipinski definition) is 0. The number of rotatable bonds is 22. The molecule has 0 aliphatic carbocycles. The Labute approximate surface area is 313 Å². The number of methoxy groups -OCH3 is 1. The molecule has 0 aliphatic heterocycles. The van der Waals surface area contributed by atoms with E-state index in [9.17, 15) is 4.79 Å². The first-order chi connectivity index (χ1) is 24.3. The first kappa shape index (κ1) is 42.9. The summed E-state index contributed by atoms with van der Waals surface area (Å²) in [6, 6.07) is 33.1. The molecule has 0 saturated carbocycles. The van der Waals surface area contributed by atoms with Crippen LogP contribution in [-0.4, -0.2) is 48.8 Å². The third kappa shape index (κ3) is 10.8. The van der Waals surface area contributed by atoms with Gasteiger partial charge in [-0.2, -0.15) is 0 Å². The van der Waals surface area contributed by atoms with Crippen LogP contribution >= 0.6 is 0 Å². The second kappa shape index (κ2) is 20.0. The van der Waals surface area contributed by atoms with Crippen LogP contribution in [0.5, 0.6) is 5.75 Å². The van der Waals surface area contributed by atoms with Crippen molar-refractivity contribution in [2.45, 2.75) is 124 Å². The molecule has 282 valence electrons. The fourth-order valence-electron chi connectivity index (χ4n) is 8.01. The van der Waals surface area contributed by atoms with E-state index in [4.69, 9.17) is 18.3 Å². The van der Waals surface area contributed by atoms with Crippen LogP contribution in [0.2, 0.25) is 23.2 Å². The summed E-state index contributed by atoms with van der Waals surface area (Å²) in [4.78, 5) is 12.4. The monoisotopic (exact) mass is 732 g/mol. The van der Waals surface area contributed by atoms with Crippen LogP contribution < -0.4 is 15.1 Å². The number of carbonyl (C=O) groups excluding carboxylic acids is 1. The van der Waals surface area contributed by atoms with Crippen LogP contribution in [0, 0.1) is 23.7 Å². The Kier molecular flexibility index (Phi) is 16.8. The zero-order valence-corrected chi connectivity index (χ0v) is 35.6. The number of carbonyl (C=O) groups is 1. The maximum absolute atomic E-state index is 12.4. The van der Waals surface area contributed by atoms with E-state index in [0.717, 1.165) is 48.6 Å². The van der Waals surface area contributed by atoms with Gasteiger partial charge >= 0.3 is 0 Å². The van der Waals surface area contributed by atoms with Gasteiger partial charge in [0, 0.05) is 18.4 Å². The molecule has 0 N–H and O–H groups in total. The molecule has 51 heavy (non-hydrogen) atoms. The average Bonchev–Trinajstić information content (AvgIpc) is 3.15. The lowest BCUT2D eigenvalue weighted by atomic mass is 9.81. The normalized spacial score (nSPS) is 16.1. The molecule has 0 heterocycles. The van der Waals surface area contributed by atoms with E-state index in [2.05, 4.69) is 123 Å². The molecule has 3 aromatic carbocycles. The minimum Gasteiger partial charge on any atom is -0.497 e. The summed E-state index contributed by atoms with van der Waals surface area (Å²) in [7, 11) is -2.99. The van der Waals surface area contributed by atoms with Crippen LogP contribution in [0.15, 0.2) is 84.9 Å². The van der Waals surface area contributed by atoms with Gasteiger partial charge in [-0.05, 0) is 69.5 Å². The first-order valence-corrected chi connectivity index (χ1v) is 23.9. The predicted molar refractivity (Wildman–Crippen MR) is 219 cm³/mol. The molecule has 0 radical (unpaired) electrons. The molecule has 0 fully saturated rings. The van der Waals surface area contributed by atoms with Crippen LogP contribution in [0.3, 0.4) is 0 Å². The molecule has 5 nitrogen and oxygen atoms in total. The van der Waals surface area contributed by atoms with Crippen molar-refractivity contribution in [1.82, 2.24) is 0 Å². The lowest BCUT2D eigenvalue weighted by molar-refractivity contribution is -0.122. The Morgan fingerprint density at radius 1 is 0.745 bits per heavy atom. The van der Waals surface area contributed by atoms with Crippen molar-refractivity contribution >= 4 is 33.3 Å². The van der Waals surface area contributed by atoms with Crippen LogP contribution in [-0.2, 0) is 25.0 Å².